The Kier molecular flexibility index (Phi) is 5.78. The molecule has 0 fully saturated rings. The molecule has 7 nitrogen and oxygen atoms in total. The van der Waals surface area contributed by atoms with Crippen LogP contribution in [0.4, 0.5) is 5.69 Å². The minimum Gasteiger partial charge on any atom is -0.328 e. The van der Waals surface area contributed by atoms with Crippen molar-refractivity contribution in [2.45, 2.75) is 4.21 Å². The van der Waals surface area contributed by atoms with Gasteiger partial charge in [-0.25, -0.2) is 9.11 Å². The van der Waals surface area contributed by atoms with Crippen LogP contribution in [0.3, 0.4) is 0 Å². The van der Waals surface area contributed by atoms with Crippen LogP contribution in [0.15, 0.2) is 64.9 Å². The zero-order valence-corrected chi connectivity index (χ0v) is 17.6. The van der Waals surface area contributed by atoms with Gasteiger partial charge in [-0.15, -0.1) is 11.3 Å². The third kappa shape index (κ3) is 3.92. The minimum absolute atomic E-state index is 0.263. The molecule has 0 saturated carbocycles. The second kappa shape index (κ2) is 8.49. The molecule has 1 N–H and O–H groups in total. The molecule has 152 valence electrons. The number of carbonyl (C=O) groups excluding carboxylic acids is 3. The van der Waals surface area contributed by atoms with Crippen molar-refractivity contribution in [3.05, 3.63) is 81.7 Å². The zero-order chi connectivity index (χ0) is 21.3. The fourth-order valence-electron chi connectivity index (χ4n) is 2.88. The van der Waals surface area contributed by atoms with Gasteiger partial charge >= 0.3 is 0 Å². The van der Waals surface area contributed by atoms with E-state index in [1.54, 1.807) is 36.4 Å². The molecule has 3 aromatic rings. The number of halogens is 1. The Morgan fingerprint density at radius 3 is 2.20 bits per heavy atom. The number of hydrogen-bond acceptors (Lipinski definition) is 6. The highest BCUT2D eigenvalue weighted by Crippen LogP contribution is 2.28. The standard InChI is InChI=1S/C20H13ClN2O5S2/c21-16-9-10-17(29-16)30(27)28-11-22-18(24)12-5-7-13(8-6-12)23-19(25)14-3-1-2-4-15(14)20(23)26/h1-10H,11H2,(H,22,24). The minimum atomic E-state index is -1.73. The highest BCUT2D eigenvalue weighted by molar-refractivity contribution is 7.82. The first-order chi connectivity index (χ1) is 14.5. The fraction of sp³-hybridized carbons (Fsp3) is 0.0500. The summed E-state index contributed by atoms with van der Waals surface area (Å²) in [7, 11) is 0. The maximum Gasteiger partial charge on any atom is 0.266 e. The maximum absolute atomic E-state index is 12.5. The van der Waals surface area contributed by atoms with Gasteiger partial charge in [0.05, 0.1) is 21.2 Å². The van der Waals surface area contributed by atoms with Gasteiger partial charge in [0.25, 0.3) is 17.7 Å². The third-order valence-electron chi connectivity index (χ3n) is 4.29. The molecule has 0 aliphatic carbocycles. The molecular weight excluding hydrogens is 448 g/mol. The summed E-state index contributed by atoms with van der Waals surface area (Å²) in [6.45, 7) is -0.263. The number of hydrogen-bond donors (Lipinski definition) is 1. The topological polar surface area (TPSA) is 92.8 Å². The van der Waals surface area contributed by atoms with Crippen molar-refractivity contribution in [3.8, 4) is 0 Å². The quantitative estimate of drug-likeness (QED) is 0.448. The molecule has 4 rings (SSSR count). The molecule has 0 bridgehead atoms. The molecule has 2 heterocycles. The number of nitrogens with one attached hydrogen (secondary N) is 1. The molecule has 10 heteroatoms. The van der Waals surface area contributed by atoms with Crippen LogP contribution in [0.1, 0.15) is 31.1 Å². The van der Waals surface area contributed by atoms with E-state index in [1.165, 1.54) is 24.3 Å². The SMILES string of the molecule is O=C(NCOS(=O)c1ccc(Cl)s1)c1ccc(N2C(=O)c3ccccc3C2=O)cc1. The molecule has 1 atom stereocenters. The van der Waals surface area contributed by atoms with Crippen LogP contribution in [-0.4, -0.2) is 28.7 Å². The van der Waals surface area contributed by atoms with Crippen LogP contribution in [-0.2, 0) is 15.3 Å². The molecular formula is C20H13ClN2O5S2. The Morgan fingerprint density at radius 2 is 1.63 bits per heavy atom. The first-order valence-electron chi connectivity index (χ1n) is 8.62. The van der Waals surface area contributed by atoms with Gasteiger partial charge < -0.3 is 5.32 Å². The molecule has 0 spiro atoms. The van der Waals surface area contributed by atoms with E-state index in [0.29, 0.717) is 30.9 Å². The van der Waals surface area contributed by atoms with E-state index in [9.17, 15) is 18.6 Å². The van der Waals surface area contributed by atoms with E-state index in [2.05, 4.69) is 5.32 Å². The Hall–Kier alpha value is -2.85. The van der Waals surface area contributed by atoms with Crippen LogP contribution in [0.5, 0.6) is 0 Å². The fourth-order valence-corrected chi connectivity index (χ4v) is 4.94. The Bertz CT molecular complexity index is 1140. The highest BCUT2D eigenvalue weighted by Gasteiger charge is 2.36. The lowest BCUT2D eigenvalue weighted by Crippen LogP contribution is -2.29. The van der Waals surface area contributed by atoms with Crippen LogP contribution < -0.4 is 10.2 Å². The number of amides is 3. The van der Waals surface area contributed by atoms with Crippen LogP contribution >= 0.6 is 22.9 Å². The number of fused-ring (bicyclic) bond motifs is 1. The Balaban J connectivity index is 1.38. The molecule has 1 aliphatic heterocycles. The van der Waals surface area contributed by atoms with Gasteiger partial charge in [-0.05, 0) is 48.5 Å². The number of imide groups is 1. The van der Waals surface area contributed by atoms with E-state index < -0.39 is 28.8 Å². The molecule has 1 aromatic heterocycles. The van der Waals surface area contributed by atoms with Crippen molar-refractivity contribution in [1.29, 1.82) is 0 Å². The number of thiophene rings is 1. The van der Waals surface area contributed by atoms with Gasteiger partial charge in [0.15, 0.2) is 0 Å². The van der Waals surface area contributed by atoms with Crippen molar-refractivity contribution in [2.75, 3.05) is 11.6 Å². The first kappa shape index (κ1) is 20.4. The van der Waals surface area contributed by atoms with Gasteiger partial charge in [0, 0.05) is 5.56 Å². The lowest BCUT2D eigenvalue weighted by atomic mass is 10.1. The van der Waals surface area contributed by atoms with Crippen molar-refractivity contribution < 1.29 is 22.8 Å². The van der Waals surface area contributed by atoms with E-state index in [-0.39, 0.29) is 6.73 Å². The summed E-state index contributed by atoms with van der Waals surface area (Å²) in [4.78, 5) is 38.4. The van der Waals surface area contributed by atoms with Crippen molar-refractivity contribution in [3.63, 3.8) is 0 Å². The number of rotatable bonds is 6. The summed E-state index contributed by atoms with van der Waals surface area (Å²) >= 11 is 5.18. The van der Waals surface area contributed by atoms with Gasteiger partial charge in [-0.1, -0.05) is 23.7 Å². The summed E-state index contributed by atoms with van der Waals surface area (Å²) in [6, 6.07) is 15.8. The Morgan fingerprint density at radius 1 is 1.00 bits per heavy atom. The van der Waals surface area contributed by atoms with Crippen molar-refractivity contribution in [1.82, 2.24) is 5.32 Å². The van der Waals surface area contributed by atoms with Gasteiger partial charge in [0.2, 0.25) is 11.1 Å². The molecule has 3 amide bonds. The second-order valence-electron chi connectivity index (χ2n) is 6.10. The number of nitrogens with zero attached hydrogens (tertiary/aromatic N) is 1. The van der Waals surface area contributed by atoms with Crippen molar-refractivity contribution in [2.24, 2.45) is 0 Å². The summed E-state index contributed by atoms with van der Waals surface area (Å²) in [5, 5.41) is 2.50. The van der Waals surface area contributed by atoms with E-state index >= 15 is 0 Å². The largest absolute Gasteiger partial charge is 0.328 e. The highest BCUT2D eigenvalue weighted by atomic mass is 35.5. The third-order valence-corrected chi connectivity index (χ3v) is 6.77. The molecule has 30 heavy (non-hydrogen) atoms. The van der Waals surface area contributed by atoms with Gasteiger partial charge in [-0.3, -0.25) is 18.6 Å². The zero-order valence-electron chi connectivity index (χ0n) is 15.2. The lowest BCUT2D eigenvalue weighted by Gasteiger charge is -2.14. The number of anilines is 1. The number of benzene rings is 2. The Labute approximate surface area is 182 Å². The number of carbonyl (C=O) groups is 3. The average molecular weight is 461 g/mol. The molecule has 2 aromatic carbocycles. The summed E-state index contributed by atoms with van der Waals surface area (Å²) in [5.41, 5.74) is 1.36. The summed E-state index contributed by atoms with van der Waals surface area (Å²) in [6.07, 6.45) is 0. The predicted octanol–water partition coefficient (Wildman–Crippen LogP) is 3.63. The van der Waals surface area contributed by atoms with E-state index in [0.717, 1.165) is 16.2 Å². The molecule has 0 saturated heterocycles. The summed E-state index contributed by atoms with van der Waals surface area (Å²) in [5.74, 6) is -1.26. The van der Waals surface area contributed by atoms with E-state index in [4.69, 9.17) is 15.8 Å². The summed E-state index contributed by atoms with van der Waals surface area (Å²) < 4.78 is 18.0. The van der Waals surface area contributed by atoms with Crippen LogP contribution in [0.25, 0.3) is 0 Å². The van der Waals surface area contributed by atoms with Crippen LogP contribution in [0.2, 0.25) is 4.34 Å². The van der Waals surface area contributed by atoms with Crippen LogP contribution in [0, 0.1) is 0 Å². The van der Waals surface area contributed by atoms with Gasteiger partial charge in [-0.2, -0.15) is 0 Å². The smallest absolute Gasteiger partial charge is 0.266 e. The monoisotopic (exact) mass is 460 g/mol. The first-order valence-corrected chi connectivity index (χ1v) is 10.9. The lowest BCUT2D eigenvalue weighted by molar-refractivity contribution is 0.0915. The molecule has 0 radical (unpaired) electrons. The van der Waals surface area contributed by atoms with Crippen molar-refractivity contribution >= 4 is 57.4 Å². The van der Waals surface area contributed by atoms with E-state index in [1.807, 2.05) is 0 Å². The molecule has 1 unspecified atom stereocenters. The molecule has 1 aliphatic rings. The maximum atomic E-state index is 12.5. The predicted molar refractivity (Wildman–Crippen MR) is 113 cm³/mol. The average Bonchev–Trinajstić information content (AvgIpc) is 3.30. The normalized spacial score (nSPS) is 14.0. The van der Waals surface area contributed by atoms with Gasteiger partial charge in [0.1, 0.15) is 10.9 Å². The second-order valence-corrected chi connectivity index (χ2v) is 9.22.